The summed E-state index contributed by atoms with van der Waals surface area (Å²) in [5, 5.41) is 3.07. The second-order valence-corrected chi connectivity index (χ2v) is 4.14. The molecular weight excluding hydrogens is 270 g/mol. The summed E-state index contributed by atoms with van der Waals surface area (Å²) in [6.07, 6.45) is 4.95. The topological polar surface area (TPSA) is 104 Å². The molecule has 0 radical (unpaired) electrons. The Kier molecular flexibility index (Phi) is 3.34. The van der Waals surface area contributed by atoms with Crippen molar-refractivity contribution in [2.75, 3.05) is 18.2 Å². The smallest absolute Gasteiger partial charge is 0.241 e. The third-order valence-corrected chi connectivity index (χ3v) is 2.72. The number of methoxy groups -OCH3 is 1. The average Bonchev–Trinajstić information content (AvgIpc) is 3.02. The van der Waals surface area contributed by atoms with E-state index in [4.69, 9.17) is 10.5 Å². The van der Waals surface area contributed by atoms with Gasteiger partial charge < -0.3 is 15.8 Å². The second-order valence-electron chi connectivity index (χ2n) is 4.14. The van der Waals surface area contributed by atoms with E-state index in [9.17, 15) is 0 Å². The van der Waals surface area contributed by atoms with Crippen molar-refractivity contribution in [3.63, 3.8) is 0 Å². The van der Waals surface area contributed by atoms with Gasteiger partial charge in [-0.2, -0.15) is 15.0 Å². The lowest BCUT2D eigenvalue weighted by atomic mass is 10.3. The summed E-state index contributed by atoms with van der Waals surface area (Å²) in [6.45, 7) is 0. The highest BCUT2D eigenvalue weighted by Crippen LogP contribution is 2.18. The Balaban J connectivity index is 1.88. The number of imidazole rings is 1. The molecule has 0 aliphatic carbocycles. The van der Waals surface area contributed by atoms with E-state index in [1.54, 1.807) is 30.4 Å². The normalized spacial score (nSPS) is 10.3. The molecule has 0 saturated carbocycles. The van der Waals surface area contributed by atoms with Crippen molar-refractivity contribution >= 4 is 17.6 Å². The number of nitrogens with two attached hydrogens (primary N) is 1. The molecule has 0 bridgehead atoms. The molecule has 21 heavy (non-hydrogen) atoms. The van der Waals surface area contributed by atoms with Gasteiger partial charge in [0.05, 0.1) is 7.11 Å². The van der Waals surface area contributed by atoms with Gasteiger partial charge in [0, 0.05) is 18.1 Å². The van der Waals surface area contributed by atoms with E-state index in [0.717, 1.165) is 11.4 Å². The zero-order valence-corrected chi connectivity index (χ0v) is 11.3. The fourth-order valence-corrected chi connectivity index (χ4v) is 1.73. The molecule has 8 nitrogen and oxygen atoms in total. The maximum Gasteiger partial charge on any atom is 0.241 e. The highest BCUT2D eigenvalue weighted by atomic mass is 16.5. The molecule has 3 aromatic rings. The third kappa shape index (κ3) is 2.89. The van der Waals surface area contributed by atoms with Crippen LogP contribution in [0.1, 0.15) is 0 Å². The standard InChI is InChI=1S/C13H13N7O/c1-21-10-4-2-9(3-5-10)16-12-17-11(14)18-13(19-12)20-7-6-15-8-20/h2-8H,1H3,(H3,14,16,17,18,19). The molecule has 8 heteroatoms. The highest BCUT2D eigenvalue weighted by molar-refractivity contribution is 5.55. The summed E-state index contributed by atoms with van der Waals surface area (Å²) in [5.41, 5.74) is 6.53. The first kappa shape index (κ1) is 12.9. The maximum absolute atomic E-state index is 5.71. The van der Waals surface area contributed by atoms with Crippen LogP contribution in [-0.4, -0.2) is 31.6 Å². The number of anilines is 3. The number of hydrogen-bond donors (Lipinski definition) is 2. The minimum absolute atomic E-state index is 0.129. The first-order valence-electron chi connectivity index (χ1n) is 6.15. The number of nitrogens with zero attached hydrogens (tertiary/aromatic N) is 5. The molecule has 0 aliphatic heterocycles. The van der Waals surface area contributed by atoms with Gasteiger partial charge >= 0.3 is 0 Å². The van der Waals surface area contributed by atoms with Gasteiger partial charge in [-0.15, -0.1) is 0 Å². The zero-order valence-electron chi connectivity index (χ0n) is 11.3. The van der Waals surface area contributed by atoms with Crippen LogP contribution in [0.25, 0.3) is 5.95 Å². The molecule has 3 rings (SSSR count). The Morgan fingerprint density at radius 3 is 2.62 bits per heavy atom. The number of hydrogen-bond acceptors (Lipinski definition) is 7. The molecule has 0 atom stereocenters. The van der Waals surface area contributed by atoms with Crippen molar-refractivity contribution in [2.24, 2.45) is 0 Å². The summed E-state index contributed by atoms with van der Waals surface area (Å²) in [6, 6.07) is 7.39. The molecule has 106 valence electrons. The minimum atomic E-state index is 0.129. The van der Waals surface area contributed by atoms with Crippen molar-refractivity contribution in [3.8, 4) is 11.7 Å². The van der Waals surface area contributed by atoms with Crippen molar-refractivity contribution in [3.05, 3.63) is 43.0 Å². The molecule has 0 spiro atoms. The van der Waals surface area contributed by atoms with E-state index in [2.05, 4.69) is 25.3 Å². The van der Waals surface area contributed by atoms with Crippen LogP contribution in [0.15, 0.2) is 43.0 Å². The van der Waals surface area contributed by atoms with Gasteiger partial charge in [0.15, 0.2) is 0 Å². The lowest BCUT2D eigenvalue weighted by molar-refractivity contribution is 0.415. The molecule has 3 N–H and O–H groups in total. The molecular formula is C13H13N7O. The molecule has 0 amide bonds. The van der Waals surface area contributed by atoms with Gasteiger partial charge in [0.25, 0.3) is 0 Å². The number of nitrogens with one attached hydrogen (secondary N) is 1. The molecule has 0 saturated heterocycles. The lowest BCUT2D eigenvalue weighted by Gasteiger charge is -2.08. The molecule has 1 aromatic carbocycles. The highest BCUT2D eigenvalue weighted by Gasteiger charge is 2.06. The molecule has 0 unspecified atom stereocenters. The van der Waals surface area contributed by atoms with Crippen molar-refractivity contribution < 1.29 is 4.74 Å². The van der Waals surface area contributed by atoms with Crippen LogP contribution in [0.3, 0.4) is 0 Å². The fourth-order valence-electron chi connectivity index (χ4n) is 1.73. The van der Waals surface area contributed by atoms with E-state index in [-0.39, 0.29) is 5.95 Å². The van der Waals surface area contributed by atoms with Crippen molar-refractivity contribution in [2.45, 2.75) is 0 Å². The third-order valence-electron chi connectivity index (χ3n) is 2.72. The minimum Gasteiger partial charge on any atom is -0.497 e. The quantitative estimate of drug-likeness (QED) is 0.745. The largest absolute Gasteiger partial charge is 0.497 e. The summed E-state index contributed by atoms with van der Waals surface area (Å²) >= 11 is 0. The van der Waals surface area contributed by atoms with Crippen molar-refractivity contribution in [1.29, 1.82) is 0 Å². The summed E-state index contributed by atoms with van der Waals surface area (Å²) in [5.74, 6) is 1.66. The Bertz CT molecular complexity index is 725. The SMILES string of the molecule is COc1ccc(Nc2nc(N)nc(-n3ccnc3)n2)cc1. The number of ether oxygens (including phenoxy) is 1. The van der Waals surface area contributed by atoms with E-state index in [0.29, 0.717) is 11.9 Å². The average molecular weight is 283 g/mol. The van der Waals surface area contributed by atoms with Crippen LogP contribution >= 0.6 is 0 Å². The Morgan fingerprint density at radius 1 is 1.14 bits per heavy atom. The van der Waals surface area contributed by atoms with Gasteiger partial charge in [-0.3, -0.25) is 4.57 Å². The monoisotopic (exact) mass is 283 g/mol. The van der Waals surface area contributed by atoms with Crippen LogP contribution in [0.5, 0.6) is 5.75 Å². The number of rotatable bonds is 4. The molecule has 0 fully saturated rings. The Morgan fingerprint density at radius 2 is 1.95 bits per heavy atom. The molecule has 0 aliphatic rings. The van der Waals surface area contributed by atoms with Crippen LogP contribution in [0.4, 0.5) is 17.6 Å². The van der Waals surface area contributed by atoms with Crippen LogP contribution in [0, 0.1) is 0 Å². The number of benzene rings is 1. The predicted molar refractivity (Wildman–Crippen MR) is 77.6 cm³/mol. The summed E-state index contributed by atoms with van der Waals surface area (Å²) in [4.78, 5) is 16.4. The predicted octanol–water partition coefficient (Wildman–Crippen LogP) is 1.39. The van der Waals surface area contributed by atoms with Crippen LogP contribution < -0.4 is 15.8 Å². The summed E-state index contributed by atoms with van der Waals surface area (Å²) < 4.78 is 6.76. The zero-order chi connectivity index (χ0) is 14.7. The first-order valence-corrected chi connectivity index (χ1v) is 6.15. The van der Waals surface area contributed by atoms with E-state index in [1.807, 2.05) is 24.3 Å². The summed E-state index contributed by atoms with van der Waals surface area (Å²) in [7, 11) is 1.62. The maximum atomic E-state index is 5.71. The Labute approximate surface area is 120 Å². The van der Waals surface area contributed by atoms with E-state index < -0.39 is 0 Å². The van der Waals surface area contributed by atoms with Gasteiger partial charge in [-0.1, -0.05) is 0 Å². The first-order chi connectivity index (χ1) is 10.2. The number of aromatic nitrogens is 5. The second kappa shape index (κ2) is 5.45. The van der Waals surface area contributed by atoms with Crippen molar-refractivity contribution in [1.82, 2.24) is 24.5 Å². The van der Waals surface area contributed by atoms with Crippen LogP contribution in [0.2, 0.25) is 0 Å². The Hall–Kier alpha value is -3.16. The lowest BCUT2D eigenvalue weighted by Crippen LogP contribution is -2.08. The molecule has 2 heterocycles. The molecule has 2 aromatic heterocycles. The van der Waals surface area contributed by atoms with Gasteiger partial charge in [0.1, 0.15) is 12.1 Å². The number of nitrogen functional groups attached to an aromatic ring is 1. The van der Waals surface area contributed by atoms with E-state index >= 15 is 0 Å². The van der Waals surface area contributed by atoms with Gasteiger partial charge in [-0.05, 0) is 24.3 Å². The van der Waals surface area contributed by atoms with Gasteiger partial charge in [0.2, 0.25) is 17.8 Å². The fraction of sp³-hybridized carbons (Fsp3) is 0.0769. The van der Waals surface area contributed by atoms with E-state index in [1.165, 1.54) is 0 Å². The van der Waals surface area contributed by atoms with Crippen LogP contribution in [-0.2, 0) is 0 Å². The van der Waals surface area contributed by atoms with Gasteiger partial charge in [-0.25, -0.2) is 4.98 Å².